The first-order valence-corrected chi connectivity index (χ1v) is 7.43. The molecule has 0 amide bonds. The van der Waals surface area contributed by atoms with Crippen molar-refractivity contribution in [1.29, 1.82) is 0 Å². The molecule has 1 heterocycles. The molecule has 0 aliphatic carbocycles. The highest BCUT2D eigenvalue weighted by molar-refractivity contribution is 5.41. The second-order valence-electron chi connectivity index (χ2n) is 6.65. The standard InChI is InChI=1S/C17H27NO/c1-14-7-8-15(17(2,3)4)16(13-14)19-12-11-18-9-5-6-10-18/h7-8,13H,5-6,9-12H2,1-4H3. The van der Waals surface area contributed by atoms with Crippen LogP contribution in [0.2, 0.25) is 0 Å². The van der Waals surface area contributed by atoms with E-state index in [4.69, 9.17) is 4.74 Å². The fraction of sp³-hybridized carbons (Fsp3) is 0.647. The Balaban J connectivity index is 1.99. The molecular weight excluding hydrogens is 234 g/mol. The summed E-state index contributed by atoms with van der Waals surface area (Å²) in [5, 5.41) is 0. The molecule has 2 heteroatoms. The monoisotopic (exact) mass is 261 g/mol. The van der Waals surface area contributed by atoms with E-state index in [-0.39, 0.29) is 5.41 Å². The molecular formula is C17H27NO. The van der Waals surface area contributed by atoms with Crippen molar-refractivity contribution in [2.24, 2.45) is 0 Å². The lowest BCUT2D eigenvalue weighted by molar-refractivity contribution is 0.234. The van der Waals surface area contributed by atoms with Gasteiger partial charge in [0.2, 0.25) is 0 Å². The number of rotatable bonds is 4. The lowest BCUT2D eigenvalue weighted by atomic mass is 9.86. The quantitative estimate of drug-likeness (QED) is 0.818. The zero-order chi connectivity index (χ0) is 13.9. The van der Waals surface area contributed by atoms with Gasteiger partial charge in [-0.25, -0.2) is 0 Å². The average Bonchev–Trinajstić information content (AvgIpc) is 2.80. The number of benzene rings is 1. The van der Waals surface area contributed by atoms with Gasteiger partial charge in [-0.1, -0.05) is 32.9 Å². The Kier molecular flexibility index (Phi) is 4.51. The van der Waals surface area contributed by atoms with Gasteiger partial charge in [-0.15, -0.1) is 0 Å². The van der Waals surface area contributed by atoms with Crippen molar-refractivity contribution < 1.29 is 4.74 Å². The van der Waals surface area contributed by atoms with Crippen LogP contribution in [0, 0.1) is 6.92 Å². The third kappa shape index (κ3) is 3.97. The van der Waals surface area contributed by atoms with Crippen LogP contribution in [0.1, 0.15) is 44.7 Å². The predicted molar refractivity (Wildman–Crippen MR) is 81.0 cm³/mol. The van der Waals surface area contributed by atoms with Gasteiger partial charge in [0.05, 0.1) is 0 Å². The lowest BCUT2D eigenvalue weighted by Crippen LogP contribution is -2.25. The Hall–Kier alpha value is -1.02. The summed E-state index contributed by atoms with van der Waals surface area (Å²) in [6, 6.07) is 6.55. The maximum atomic E-state index is 6.06. The van der Waals surface area contributed by atoms with Gasteiger partial charge in [0.25, 0.3) is 0 Å². The van der Waals surface area contributed by atoms with Crippen molar-refractivity contribution in [2.75, 3.05) is 26.2 Å². The van der Waals surface area contributed by atoms with Crippen LogP contribution in [0.3, 0.4) is 0 Å². The number of hydrogen-bond acceptors (Lipinski definition) is 2. The lowest BCUT2D eigenvalue weighted by Gasteiger charge is -2.24. The van der Waals surface area contributed by atoms with Gasteiger partial charge in [0.15, 0.2) is 0 Å². The number of nitrogens with zero attached hydrogens (tertiary/aromatic N) is 1. The molecule has 1 saturated heterocycles. The average molecular weight is 261 g/mol. The van der Waals surface area contributed by atoms with Gasteiger partial charge in [-0.2, -0.15) is 0 Å². The van der Waals surface area contributed by atoms with E-state index in [9.17, 15) is 0 Å². The maximum absolute atomic E-state index is 6.06. The van der Waals surface area contributed by atoms with E-state index >= 15 is 0 Å². The molecule has 1 aromatic rings. The highest BCUT2D eigenvalue weighted by atomic mass is 16.5. The Morgan fingerprint density at radius 1 is 1.16 bits per heavy atom. The molecule has 0 aromatic heterocycles. The predicted octanol–water partition coefficient (Wildman–Crippen LogP) is 3.77. The molecule has 1 aliphatic heterocycles. The minimum Gasteiger partial charge on any atom is -0.492 e. The molecule has 19 heavy (non-hydrogen) atoms. The summed E-state index contributed by atoms with van der Waals surface area (Å²) in [5.74, 6) is 1.06. The fourth-order valence-corrected chi connectivity index (χ4v) is 2.66. The molecule has 0 radical (unpaired) electrons. The number of aryl methyl sites for hydroxylation is 1. The first-order chi connectivity index (χ1) is 8.97. The van der Waals surface area contributed by atoms with E-state index in [1.807, 2.05) is 0 Å². The summed E-state index contributed by atoms with van der Waals surface area (Å²) >= 11 is 0. The van der Waals surface area contributed by atoms with Crippen LogP contribution in [0.5, 0.6) is 5.75 Å². The van der Waals surface area contributed by atoms with E-state index in [0.717, 1.165) is 18.9 Å². The van der Waals surface area contributed by atoms with Crippen LogP contribution in [0.25, 0.3) is 0 Å². The number of likely N-dealkylation sites (tertiary alicyclic amines) is 1. The molecule has 0 bridgehead atoms. The second-order valence-corrected chi connectivity index (χ2v) is 6.65. The molecule has 0 saturated carbocycles. The van der Waals surface area contributed by atoms with E-state index in [1.165, 1.54) is 37.1 Å². The molecule has 1 aliphatic rings. The molecule has 1 aromatic carbocycles. The van der Waals surface area contributed by atoms with Crippen LogP contribution in [-0.4, -0.2) is 31.1 Å². The third-order valence-corrected chi connectivity index (χ3v) is 3.81. The van der Waals surface area contributed by atoms with Crippen molar-refractivity contribution in [2.45, 2.75) is 46.0 Å². The summed E-state index contributed by atoms with van der Waals surface area (Å²) in [6.45, 7) is 13.2. The van der Waals surface area contributed by atoms with Crippen LogP contribution >= 0.6 is 0 Å². The van der Waals surface area contributed by atoms with E-state index < -0.39 is 0 Å². The zero-order valence-corrected chi connectivity index (χ0v) is 12.8. The molecule has 2 nitrogen and oxygen atoms in total. The molecule has 0 atom stereocenters. The fourth-order valence-electron chi connectivity index (χ4n) is 2.66. The number of hydrogen-bond donors (Lipinski definition) is 0. The van der Waals surface area contributed by atoms with Gasteiger partial charge < -0.3 is 4.74 Å². The summed E-state index contributed by atoms with van der Waals surface area (Å²) < 4.78 is 6.06. The third-order valence-electron chi connectivity index (χ3n) is 3.81. The molecule has 0 spiro atoms. The van der Waals surface area contributed by atoms with Gasteiger partial charge in [-0.05, 0) is 55.5 Å². The van der Waals surface area contributed by atoms with E-state index in [0.29, 0.717) is 0 Å². The Morgan fingerprint density at radius 2 is 1.84 bits per heavy atom. The van der Waals surface area contributed by atoms with Gasteiger partial charge in [0.1, 0.15) is 12.4 Å². The van der Waals surface area contributed by atoms with Crippen LogP contribution in [0.15, 0.2) is 18.2 Å². The molecule has 0 unspecified atom stereocenters. The Labute approximate surface area is 117 Å². The van der Waals surface area contributed by atoms with Crippen molar-refractivity contribution in [1.82, 2.24) is 4.90 Å². The van der Waals surface area contributed by atoms with Gasteiger partial charge in [0, 0.05) is 6.54 Å². The molecule has 0 N–H and O–H groups in total. The van der Waals surface area contributed by atoms with E-state index in [2.05, 4.69) is 50.8 Å². The largest absolute Gasteiger partial charge is 0.492 e. The summed E-state index contributed by atoms with van der Waals surface area (Å²) in [5.41, 5.74) is 2.71. The van der Waals surface area contributed by atoms with Crippen molar-refractivity contribution >= 4 is 0 Å². The minimum atomic E-state index is 0.136. The molecule has 2 rings (SSSR count). The smallest absolute Gasteiger partial charge is 0.123 e. The van der Waals surface area contributed by atoms with Gasteiger partial charge >= 0.3 is 0 Å². The highest BCUT2D eigenvalue weighted by Gasteiger charge is 2.19. The highest BCUT2D eigenvalue weighted by Crippen LogP contribution is 2.32. The van der Waals surface area contributed by atoms with Crippen LogP contribution in [0.4, 0.5) is 0 Å². The summed E-state index contributed by atoms with van der Waals surface area (Å²) in [4.78, 5) is 2.49. The minimum absolute atomic E-state index is 0.136. The Morgan fingerprint density at radius 3 is 2.47 bits per heavy atom. The van der Waals surface area contributed by atoms with Crippen molar-refractivity contribution in [3.05, 3.63) is 29.3 Å². The van der Waals surface area contributed by atoms with Crippen LogP contribution < -0.4 is 4.74 Å². The topological polar surface area (TPSA) is 12.5 Å². The zero-order valence-electron chi connectivity index (χ0n) is 12.8. The molecule has 106 valence electrons. The first-order valence-electron chi connectivity index (χ1n) is 7.43. The van der Waals surface area contributed by atoms with E-state index in [1.54, 1.807) is 0 Å². The van der Waals surface area contributed by atoms with Gasteiger partial charge in [-0.3, -0.25) is 4.90 Å². The molecule has 1 fully saturated rings. The normalized spacial score (nSPS) is 16.8. The summed E-state index contributed by atoms with van der Waals surface area (Å²) in [7, 11) is 0. The first kappa shape index (κ1) is 14.4. The van der Waals surface area contributed by atoms with Crippen molar-refractivity contribution in [3.63, 3.8) is 0 Å². The SMILES string of the molecule is Cc1ccc(C(C)(C)C)c(OCCN2CCCC2)c1. The second kappa shape index (κ2) is 5.96. The number of ether oxygens (including phenoxy) is 1. The Bertz CT molecular complexity index is 414. The van der Waals surface area contributed by atoms with Crippen molar-refractivity contribution in [3.8, 4) is 5.75 Å². The van der Waals surface area contributed by atoms with Crippen LogP contribution in [-0.2, 0) is 5.41 Å². The maximum Gasteiger partial charge on any atom is 0.123 e. The summed E-state index contributed by atoms with van der Waals surface area (Å²) in [6.07, 6.45) is 2.69.